The second-order valence-corrected chi connectivity index (χ2v) is 6.20. The Labute approximate surface area is 165 Å². The number of halogens is 2. The second kappa shape index (κ2) is 8.34. The molecule has 152 valence electrons. The van der Waals surface area contributed by atoms with Crippen LogP contribution in [0.5, 0.6) is 0 Å². The Morgan fingerprint density at radius 3 is 2.48 bits per heavy atom. The Morgan fingerprint density at radius 2 is 1.83 bits per heavy atom. The van der Waals surface area contributed by atoms with Gasteiger partial charge in [-0.05, 0) is 45.0 Å². The predicted octanol–water partition coefficient (Wildman–Crippen LogP) is 4.23. The zero-order valence-corrected chi connectivity index (χ0v) is 16.1. The maximum atomic E-state index is 13.6. The zero-order valence-electron chi connectivity index (χ0n) is 16.1. The molecule has 3 rings (SSSR count). The van der Waals surface area contributed by atoms with Gasteiger partial charge in [0.2, 0.25) is 0 Å². The van der Waals surface area contributed by atoms with Gasteiger partial charge >= 0.3 is 18.5 Å². The highest BCUT2D eigenvalue weighted by Crippen LogP contribution is 2.28. The van der Waals surface area contributed by atoms with E-state index >= 15 is 0 Å². The van der Waals surface area contributed by atoms with Gasteiger partial charge in [-0.2, -0.15) is 8.78 Å². The molecular formula is C20H19F2N3O4. The number of ether oxygens (including phenoxy) is 2. The molecule has 0 saturated carbocycles. The SMILES string of the molecule is CCOC(=O)c1ccc(C(=O)OC(C)c2nc3ccccc3n2C(F)F)nc1C. The van der Waals surface area contributed by atoms with Crippen LogP contribution in [0.2, 0.25) is 0 Å². The monoisotopic (exact) mass is 403 g/mol. The molecule has 0 spiro atoms. The second-order valence-electron chi connectivity index (χ2n) is 6.20. The van der Waals surface area contributed by atoms with E-state index in [0.29, 0.717) is 11.2 Å². The third-order valence-corrected chi connectivity index (χ3v) is 4.26. The number of para-hydroxylation sites is 2. The van der Waals surface area contributed by atoms with Crippen molar-refractivity contribution in [3.63, 3.8) is 0 Å². The summed E-state index contributed by atoms with van der Waals surface area (Å²) in [6.45, 7) is 2.06. The fourth-order valence-electron chi connectivity index (χ4n) is 2.93. The molecule has 7 nitrogen and oxygen atoms in total. The van der Waals surface area contributed by atoms with Gasteiger partial charge in [0.05, 0.1) is 28.9 Å². The number of pyridine rings is 1. The minimum Gasteiger partial charge on any atom is -0.462 e. The van der Waals surface area contributed by atoms with E-state index in [1.54, 1.807) is 32.0 Å². The smallest absolute Gasteiger partial charge is 0.357 e. The molecule has 0 N–H and O–H groups in total. The van der Waals surface area contributed by atoms with Gasteiger partial charge in [-0.1, -0.05) is 12.1 Å². The van der Waals surface area contributed by atoms with Crippen LogP contribution in [0.1, 0.15) is 58.9 Å². The van der Waals surface area contributed by atoms with Crippen LogP contribution < -0.4 is 0 Å². The number of carbonyl (C=O) groups excluding carboxylic acids is 2. The highest BCUT2D eigenvalue weighted by molar-refractivity contribution is 5.92. The molecule has 2 aromatic heterocycles. The van der Waals surface area contributed by atoms with Crippen LogP contribution in [0.4, 0.5) is 8.78 Å². The number of rotatable bonds is 6. The summed E-state index contributed by atoms with van der Waals surface area (Å²) >= 11 is 0. The van der Waals surface area contributed by atoms with Crippen molar-refractivity contribution in [2.45, 2.75) is 33.4 Å². The number of aryl methyl sites for hydroxylation is 1. The lowest BCUT2D eigenvalue weighted by Crippen LogP contribution is -2.16. The molecule has 0 aliphatic carbocycles. The van der Waals surface area contributed by atoms with Gasteiger partial charge < -0.3 is 9.47 Å². The number of imidazole rings is 1. The molecule has 3 aromatic rings. The molecule has 0 amide bonds. The maximum absolute atomic E-state index is 13.6. The normalized spacial score (nSPS) is 12.2. The van der Waals surface area contributed by atoms with Crippen LogP contribution in [0.25, 0.3) is 11.0 Å². The highest BCUT2D eigenvalue weighted by atomic mass is 19.3. The molecule has 0 bridgehead atoms. The molecule has 1 aromatic carbocycles. The van der Waals surface area contributed by atoms with Crippen molar-refractivity contribution in [3.05, 3.63) is 59.2 Å². The Morgan fingerprint density at radius 1 is 1.10 bits per heavy atom. The Hall–Kier alpha value is -3.36. The van der Waals surface area contributed by atoms with Crippen molar-refractivity contribution in [1.82, 2.24) is 14.5 Å². The third-order valence-electron chi connectivity index (χ3n) is 4.26. The third kappa shape index (κ3) is 4.08. The molecule has 1 atom stereocenters. The number of hydrogen-bond acceptors (Lipinski definition) is 6. The lowest BCUT2D eigenvalue weighted by molar-refractivity contribution is 0.0226. The molecule has 0 aliphatic heterocycles. The van der Waals surface area contributed by atoms with Crippen LogP contribution in [0.3, 0.4) is 0 Å². The average molecular weight is 403 g/mol. The predicted molar refractivity (Wildman–Crippen MR) is 99.7 cm³/mol. The number of fused-ring (bicyclic) bond motifs is 1. The van der Waals surface area contributed by atoms with Crippen LogP contribution >= 0.6 is 0 Å². The Bertz CT molecular complexity index is 1070. The summed E-state index contributed by atoms with van der Waals surface area (Å²) in [5.41, 5.74) is 1.09. The number of carbonyl (C=O) groups is 2. The summed E-state index contributed by atoms with van der Waals surface area (Å²) in [4.78, 5) is 32.5. The quantitative estimate of drug-likeness (QED) is 0.573. The Kier molecular flexibility index (Phi) is 5.86. The Balaban J connectivity index is 1.84. The van der Waals surface area contributed by atoms with Crippen molar-refractivity contribution in [2.75, 3.05) is 6.61 Å². The standard InChI is InChI=1S/C20H19F2N3O4/c1-4-28-18(26)13-9-10-15(23-11(13)2)19(27)29-12(3)17-24-14-7-5-6-8-16(14)25(17)20(21)22/h5-10,12,20H,4H2,1-3H3. The summed E-state index contributed by atoms with van der Waals surface area (Å²) in [6.07, 6.45) is -1.05. The lowest BCUT2D eigenvalue weighted by atomic mass is 10.2. The first kappa shape index (κ1) is 20.4. The number of alkyl halides is 2. The number of nitrogens with zero attached hydrogens (tertiary/aromatic N) is 3. The average Bonchev–Trinajstić information content (AvgIpc) is 3.08. The van der Waals surface area contributed by atoms with Gasteiger partial charge in [0.15, 0.2) is 11.9 Å². The van der Waals surface area contributed by atoms with E-state index in [4.69, 9.17) is 9.47 Å². The van der Waals surface area contributed by atoms with Crippen molar-refractivity contribution in [3.8, 4) is 0 Å². The molecule has 1 unspecified atom stereocenters. The summed E-state index contributed by atoms with van der Waals surface area (Å²) in [5.74, 6) is -1.44. The molecule has 0 aliphatic rings. The maximum Gasteiger partial charge on any atom is 0.357 e. The van der Waals surface area contributed by atoms with Gasteiger partial charge in [-0.15, -0.1) is 0 Å². The van der Waals surface area contributed by atoms with E-state index in [0.717, 1.165) is 4.57 Å². The van der Waals surface area contributed by atoms with E-state index in [9.17, 15) is 18.4 Å². The van der Waals surface area contributed by atoms with Crippen LogP contribution in [0.15, 0.2) is 36.4 Å². The molecule has 2 heterocycles. The zero-order chi connectivity index (χ0) is 21.1. The molecular weight excluding hydrogens is 384 g/mol. The summed E-state index contributed by atoms with van der Waals surface area (Å²) in [5, 5.41) is 0. The molecule has 9 heteroatoms. The minimum absolute atomic E-state index is 0.0536. The first-order valence-electron chi connectivity index (χ1n) is 8.94. The molecule has 0 radical (unpaired) electrons. The summed E-state index contributed by atoms with van der Waals surface area (Å²) in [6, 6.07) is 9.17. The van der Waals surface area contributed by atoms with Gasteiger partial charge in [0.25, 0.3) is 0 Å². The van der Waals surface area contributed by atoms with Crippen molar-refractivity contribution < 1.29 is 27.8 Å². The van der Waals surface area contributed by atoms with Crippen LogP contribution in [-0.2, 0) is 9.47 Å². The van der Waals surface area contributed by atoms with Crippen molar-refractivity contribution in [2.24, 2.45) is 0 Å². The van der Waals surface area contributed by atoms with Crippen LogP contribution in [-0.4, -0.2) is 33.1 Å². The molecule has 0 saturated heterocycles. The number of esters is 2. The minimum atomic E-state index is -2.84. The number of benzene rings is 1. The van der Waals surface area contributed by atoms with Crippen LogP contribution in [0, 0.1) is 6.92 Å². The number of aromatic nitrogens is 3. The van der Waals surface area contributed by atoms with Gasteiger partial charge in [-0.3, -0.25) is 4.57 Å². The van der Waals surface area contributed by atoms with Crippen molar-refractivity contribution >= 4 is 23.0 Å². The van der Waals surface area contributed by atoms with Crippen molar-refractivity contribution in [1.29, 1.82) is 0 Å². The van der Waals surface area contributed by atoms with Gasteiger partial charge in [0, 0.05) is 0 Å². The topological polar surface area (TPSA) is 83.3 Å². The molecule has 29 heavy (non-hydrogen) atoms. The van der Waals surface area contributed by atoms with E-state index < -0.39 is 24.6 Å². The van der Waals surface area contributed by atoms with Gasteiger partial charge in [0.1, 0.15) is 5.69 Å². The van der Waals surface area contributed by atoms with Gasteiger partial charge in [-0.25, -0.2) is 19.6 Å². The lowest BCUT2D eigenvalue weighted by Gasteiger charge is -2.15. The number of hydrogen-bond donors (Lipinski definition) is 0. The van der Waals surface area contributed by atoms with E-state index in [2.05, 4.69) is 9.97 Å². The largest absolute Gasteiger partial charge is 0.462 e. The van der Waals surface area contributed by atoms with E-state index in [-0.39, 0.29) is 29.2 Å². The first-order valence-corrected chi connectivity index (χ1v) is 8.94. The highest BCUT2D eigenvalue weighted by Gasteiger charge is 2.25. The van der Waals surface area contributed by atoms with E-state index in [1.165, 1.54) is 25.1 Å². The summed E-state index contributed by atoms with van der Waals surface area (Å²) in [7, 11) is 0. The fraction of sp³-hybridized carbons (Fsp3) is 0.300. The molecule has 0 fully saturated rings. The van der Waals surface area contributed by atoms with E-state index in [1.807, 2.05) is 0 Å². The fourth-order valence-corrected chi connectivity index (χ4v) is 2.93. The first-order chi connectivity index (χ1) is 13.8. The summed E-state index contributed by atoms with van der Waals surface area (Å²) < 4.78 is 38.1.